The lowest BCUT2D eigenvalue weighted by molar-refractivity contribution is -0.141. The largest absolute Gasteiger partial charge is 0.508 e. The van der Waals surface area contributed by atoms with E-state index in [2.05, 4.69) is 13.0 Å². The number of hydrogen-bond donors (Lipinski definition) is 2. The number of imide groups is 1. The average Bonchev–Trinajstić information content (AvgIpc) is 3.37. The minimum atomic E-state index is -0.829. The topological polar surface area (TPSA) is 113 Å². The molecule has 8 nitrogen and oxygen atoms in total. The molecule has 4 rings (SSSR count). The highest BCUT2D eigenvalue weighted by Gasteiger charge is 2.56. The zero-order valence-corrected chi connectivity index (χ0v) is 21.7. The van der Waals surface area contributed by atoms with Gasteiger partial charge in [-0.15, -0.1) is 0 Å². The molecule has 1 aromatic carbocycles. The molecule has 0 saturated carbocycles. The van der Waals surface area contributed by atoms with E-state index in [9.17, 15) is 19.5 Å². The zero-order valence-electron chi connectivity index (χ0n) is 21.7. The van der Waals surface area contributed by atoms with Gasteiger partial charge < -0.3 is 19.7 Å². The van der Waals surface area contributed by atoms with Crippen LogP contribution >= 0.6 is 0 Å². The van der Waals surface area contributed by atoms with Crippen LogP contribution in [0, 0.1) is 17.8 Å². The Morgan fingerprint density at radius 3 is 2.70 bits per heavy atom. The number of unbranched alkanes of at least 4 members (excludes halogenated alkanes) is 2. The van der Waals surface area contributed by atoms with Gasteiger partial charge in [-0.3, -0.25) is 19.3 Å². The van der Waals surface area contributed by atoms with Crippen molar-refractivity contribution in [1.82, 2.24) is 4.90 Å². The predicted molar refractivity (Wildman–Crippen MR) is 138 cm³/mol. The van der Waals surface area contributed by atoms with E-state index < -0.39 is 11.9 Å². The number of carbonyl (C=O) groups excluding carboxylic acids is 2. The number of benzene rings is 1. The number of likely N-dealkylation sites (tertiary alicyclic amines) is 1. The molecule has 2 aliphatic heterocycles. The number of amides is 2. The maximum absolute atomic E-state index is 13.4. The van der Waals surface area contributed by atoms with Crippen LogP contribution in [0.5, 0.6) is 5.75 Å². The van der Waals surface area contributed by atoms with Crippen molar-refractivity contribution in [1.29, 1.82) is 0 Å². The van der Waals surface area contributed by atoms with Gasteiger partial charge in [0.15, 0.2) is 0 Å². The number of hydrogen-bond acceptors (Lipinski definition) is 6. The van der Waals surface area contributed by atoms with Crippen LogP contribution < -0.4 is 0 Å². The monoisotopic (exact) mass is 511 g/mol. The van der Waals surface area contributed by atoms with Gasteiger partial charge in [-0.2, -0.15) is 0 Å². The van der Waals surface area contributed by atoms with E-state index >= 15 is 0 Å². The number of allylic oxidation sites excluding steroid dienone is 1. The van der Waals surface area contributed by atoms with E-state index in [0.717, 1.165) is 29.6 Å². The van der Waals surface area contributed by atoms with E-state index in [1.165, 1.54) is 10.5 Å². The van der Waals surface area contributed by atoms with Crippen molar-refractivity contribution in [3.63, 3.8) is 0 Å². The minimum absolute atomic E-state index is 0.101. The van der Waals surface area contributed by atoms with Gasteiger partial charge in [0.05, 0.1) is 31.2 Å². The number of ether oxygens (including phenoxy) is 2. The van der Waals surface area contributed by atoms with Gasteiger partial charge in [-0.25, -0.2) is 0 Å². The summed E-state index contributed by atoms with van der Waals surface area (Å²) in [6, 6.07) is 7.15. The van der Waals surface area contributed by atoms with Crippen molar-refractivity contribution in [2.75, 3.05) is 26.9 Å². The number of rotatable bonds is 12. The summed E-state index contributed by atoms with van der Waals surface area (Å²) in [5.74, 6) is -1.70. The van der Waals surface area contributed by atoms with Crippen molar-refractivity contribution >= 4 is 23.9 Å². The molecule has 0 radical (unpaired) electrons. The average molecular weight is 512 g/mol. The molecule has 0 bridgehead atoms. The molecule has 8 heteroatoms. The molecule has 4 atom stereocenters. The van der Waals surface area contributed by atoms with Crippen LogP contribution in [0.1, 0.15) is 57.4 Å². The summed E-state index contributed by atoms with van der Waals surface area (Å²) in [4.78, 5) is 38.8. The van der Waals surface area contributed by atoms with Crippen LogP contribution in [-0.2, 0) is 23.9 Å². The van der Waals surface area contributed by atoms with Gasteiger partial charge in [0.25, 0.3) is 0 Å². The Bertz CT molecular complexity index is 1090. The van der Waals surface area contributed by atoms with Crippen molar-refractivity contribution in [2.45, 2.75) is 58.0 Å². The van der Waals surface area contributed by atoms with Gasteiger partial charge >= 0.3 is 5.97 Å². The van der Waals surface area contributed by atoms with Gasteiger partial charge in [-0.1, -0.05) is 30.2 Å². The second kappa shape index (κ2) is 12.0. The lowest BCUT2D eigenvalue weighted by Gasteiger charge is -2.31. The molecule has 200 valence electrons. The Morgan fingerprint density at radius 1 is 1.16 bits per heavy atom. The first-order chi connectivity index (χ1) is 17.8. The quantitative estimate of drug-likeness (QED) is 0.246. The molecule has 2 heterocycles. The van der Waals surface area contributed by atoms with Crippen molar-refractivity contribution in [3.8, 4) is 5.75 Å². The van der Waals surface area contributed by atoms with Crippen molar-refractivity contribution in [3.05, 3.63) is 46.5 Å². The molecule has 2 saturated heterocycles. The summed E-state index contributed by atoms with van der Waals surface area (Å²) >= 11 is 0. The van der Waals surface area contributed by atoms with Crippen LogP contribution in [0.15, 0.2) is 41.0 Å². The van der Waals surface area contributed by atoms with Crippen LogP contribution in [0.2, 0.25) is 0 Å². The lowest BCUT2D eigenvalue weighted by atomic mass is 9.69. The van der Waals surface area contributed by atoms with Gasteiger partial charge in [0.1, 0.15) is 5.75 Å². The standard InChI is InChI=1S/C29H37NO7/c1-18(13-19-7-6-8-21(31)14-19)10-11-24-26-20(16-36-2)15-22-27(23(26)17-37-24)29(35)30(28(22)34)12-5-3-4-9-25(32)33/h6-8,13-14,22-24,27,31H,3-5,9-12,15-17H2,1-2H3,(H,32,33)/b18-13+/t22-,23+,24-,27-/m1/s1. The fourth-order valence-corrected chi connectivity index (χ4v) is 6.12. The minimum Gasteiger partial charge on any atom is -0.508 e. The number of aromatic hydroxyl groups is 1. The fraction of sp³-hybridized carbons (Fsp3) is 0.552. The summed E-state index contributed by atoms with van der Waals surface area (Å²) in [7, 11) is 1.65. The maximum Gasteiger partial charge on any atom is 0.303 e. The first kappa shape index (κ1) is 27.1. The molecule has 2 amide bonds. The molecule has 1 aliphatic carbocycles. The first-order valence-electron chi connectivity index (χ1n) is 13.2. The lowest BCUT2D eigenvalue weighted by Crippen LogP contribution is -2.35. The number of phenolic OH excluding ortho intramolecular Hbond substituents is 1. The van der Waals surface area contributed by atoms with Crippen LogP contribution in [-0.4, -0.2) is 65.9 Å². The molecule has 3 aliphatic rings. The second-order valence-corrected chi connectivity index (χ2v) is 10.4. The number of carboxylic acid groups (broad SMARTS) is 1. The Hall–Kier alpha value is -2.97. The molecule has 0 unspecified atom stereocenters. The molecule has 37 heavy (non-hydrogen) atoms. The van der Waals surface area contributed by atoms with E-state index in [-0.39, 0.29) is 41.9 Å². The maximum atomic E-state index is 13.4. The third-order valence-corrected chi connectivity index (χ3v) is 7.77. The number of aliphatic carboxylic acids is 1. The molecular formula is C29H37NO7. The molecule has 0 spiro atoms. The van der Waals surface area contributed by atoms with Gasteiger partial charge in [0.2, 0.25) is 11.8 Å². The summed E-state index contributed by atoms with van der Waals surface area (Å²) < 4.78 is 11.7. The number of nitrogens with zero attached hydrogens (tertiary/aromatic N) is 1. The normalized spacial score (nSPS) is 25.6. The molecule has 2 N–H and O–H groups in total. The Morgan fingerprint density at radius 2 is 1.97 bits per heavy atom. The molecular weight excluding hydrogens is 474 g/mol. The highest BCUT2D eigenvalue weighted by atomic mass is 16.5. The van der Waals surface area contributed by atoms with E-state index in [1.54, 1.807) is 19.2 Å². The molecule has 2 fully saturated rings. The fourth-order valence-electron chi connectivity index (χ4n) is 6.12. The SMILES string of the molecule is COCC1=C2[C@@H](CC/C(C)=C/c3cccc(O)c3)OC[C@@H]2[C@@H]2C(=O)N(CCCCCC(=O)O)C(=O)[C@@H]2C1. The van der Waals surface area contributed by atoms with Gasteiger partial charge in [-0.05, 0) is 67.9 Å². The van der Waals surface area contributed by atoms with Crippen LogP contribution in [0.3, 0.4) is 0 Å². The molecule has 0 aromatic heterocycles. The summed E-state index contributed by atoms with van der Waals surface area (Å²) in [5, 5.41) is 18.5. The van der Waals surface area contributed by atoms with E-state index in [4.69, 9.17) is 14.6 Å². The van der Waals surface area contributed by atoms with Gasteiger partial charge in [0, 0.05) is 26.0 Å². The molecule has 1 aromatic rings. The Labute approximate surface area is 217 Å². The second-order valence-electron chi connectivity index (χ2n) is 10.4. The predicted octanol–water partition coefficient (Wildman–Crippen LogP) is 4.18. The number of fused-ring (bicyclic) bond motifs is 3. The van der Waals surface area contributed by atoms with E-state index in [0.29, 0.717) is 45.4 Å². The van der Waals surface area contributed by atoms with Crippen molar-refractivity contribution in [2.24, 2.45) is 17.8 Å². The number of carbonyl (C=O) groups is 3. The number of methoxy groups -OCH3 is 1. The third kappa shape index (κ3) is 6.13. The zero-order chi connectivity index (χ0) is 26.5. The van der Waals surface area contributed by atoms with E-state index in [1.807, 2.05) is 12.1 Å². The third-order valence-electron chi connectivity index (χ3n) is 7.77. The summed E-state index contributed by atoms with van der Waals surface area (Å²) in [6.07, 6.45) is 5.96. The first-order valence-corrected chi connectivity index (χ1v) is 13.2. The highest BCUT2D eigenvalue weighted by Crippen LogP contribution is 2.49. The summed E-state index contributed by atoms with van der Waals surface area (Å²) in [5.41, 5.74) is 4.33. The Kier molecular flexibility index (Phi) is 8.82. The van der Waals surface area contributed by atoms with Crippen molar-refractivity contribution < 1.29 is 34.1 Å². The number of phenols is 1. The highest BCUT2D eigenvalue weighted by molar-refractivity contribution is 6.06. The number of carboxylic acids is 1. The smallest absolute Gasteiger partial charge is 0.303 e. The summed E-state index contributed by atoms with van der Waals surface area (Å²) in [6.45, 7) is 3.25. The van der Waals surface area contributed by atoms with Crippen LogP contribution in [0.25, 0.3) is 6.08 Å². The Balaban J connectivity index is 1.44. The van der Waals surface area contributed by atoms with Crippen LogP contribution in [0.4, 0.5) is 0 Å².